The van der Waals surface area contributed by atoms with Crippen molar-refractivity contribution in [3.05, 3.63) is 82.2 Å². The van der Waals surface area contributed by atoms with E-state index in [1.165, 1.54) is 6.07 Å². The van der Waals surface area contributed by atoms with Gasteiger partial charge in [0.05, 0.1) is 38.0 Å². The highest BCUT2D eigenvalue weighted by Gasteiger charge is 2.31. The molecular weight excluding hydrogens is 435 g/mol. The number of hydrogen-bond acceptors (Lipinski definition) is 5. The Balaban J connectivity index is 1.60. The van der Waals surface area contributed by atoms with Gasteiger partial charge in [-0.05, 0) is 37.1 Å². The Morgan fingerprint density at radius 1 is 1.09 bits per heavy atom. The van der Waals surface area contributed by atoms with Gasteiger partial charge in [0.2, 0.25) is 5.88 Å². The van der Waals surface area contributed by atoms with Crippen LogP contribution in [-0.2, 0) is 6.54 Å². The van der Waals surface area contributed by atoms with E-state index in [0.29, 0.717) is 42.5 Å². The molecule has 0 aliphatic carbocycles. The number of aryl methyl sites for hydroxylation is 1. The van der Waals surface area contributed by atoms with Crippen LogP contribution in [-0.4, -0.2) is 41.4 Å². The fraction of sp³-hybridized carbons (Fsp3) is 0.308. The Hall–Kier alpha value is -3.81. The molecule has 2 aromatic carbocycles. The van der Waals surface area contributed by atoms with Crippen LogP contribution in [0.3, 0.4) is 0 Å². The summed E-state index contributed by atoms with van der Waals surface area (Å²) in [7, 11) is 3.17. The molecule has 1 saturated heterocycles. The van der Waals surface area contributed by atoms with Crippen molar-refractivity contribution < 1.29 is 13.9 Å². The lowest BCUT2D eigenvalue weighted by Crippen LogP contribution is -2.30. The number of nitrogens with zero attached hydrogens (tertiary/aromatic N) is 4. The fourth-order valence-corrected chi connectivity index (χ4v) is 5.03. The summed E-state index contributed by atoms with van der Waals surface area (Å²) < 4.78 is 29.2. The van der Waals surface area contributed by atoms with Gasteiger partial charge < -0.3 is 14.4 Å². The highest BCUT2D eigenvalue weighted by atomic mass is 19.1. The fourth-order valence-electron chi connectivity index (χ4n) is 5.03. The molecule has 0 spiro atoms. The lowest BCUT2D eigenvalue weighted by molar-refractivity contribution is 0.399. The van der Waals surface area contributed by atoms with E-state index >= 15 is 0 Å². The maximum atomic E-state index is 14.6. The Bertz CT molecular complexity index is 1390. The monoisotopic (exact) mass is 462 g/mol. The summed E-state index contributed by atoms with van der Waals surface area (Å²) in [6.45, 7) is 3.44. The standard InChI is InChI=1S/C26H27FN4O3/c1-17-7-6-9-20(27)23(17)29-14-12-19(16-29)31-21-11-13-28-25(34-3)24(21)30(26(31)32)15-18-8-4-5-10-22(18)33-2/h4-11,13,19H,12,14-16H2,1-3H3. The van der Waals surface area contributed by atoms with Crippen molar-refractivity contribution >= 4 is 16.7 Å². The molecule has 2 aromatic heterocycles. The molecule has 176 valence electrons. The zero-order valence-electron chi connectivity index (χ0n) is 19.5. The highest BCUT2D eigenvalue weighted by Crippen LogP contribution is 2.34. The molecule has 0 bridgehead atoms. The molecule has 4 aromatic rings. The van der Waals surface area contributed by atoms with E-state index in [-0.39, 0.29) is 17.5 Å². The number of imidazole rings is 1. The quantitative estimate of drug-likeness (QED) is 0.431. The van der Waals surface area contributed by atoms with E-state index in [1.807, 2.05) is 52.8 Å². The molecule has 0 saturated carbocycles. The number of methoxy groups -OCH3 is 2. The Labute approximate surface area is 197 Å². The van der Waals surface area contributed by atoms with Gasteiger partial charge in [-0.3, -0.25) is 9.13 Å². The van der Waals surface area contributed by atoms with Crippen LogP contribution in [0, 0.1) is 12.7 Å². The summed E-state index contributed by atoms with van der Waals surface area (Å²) >= 11 is 0. The van der Waals surface area contributed by atoms with E-state index < -0.39 is 0 Å². The smallest absolute Gasteiger partial charge is 0.329 e. The van der Waals surface area contributed by atoms with Gasteiger partial charge in [-0.2, -0.15) is 0 Å². The minimum atomic E-state index is -0.238. The Morgan fingerprint density at radius 3 is 2.68 bits per heavy atom. The first-order valence-electron chi connectivity index (χ1n) is 11.3. The van der Waals surface area contributed by atoms with Gasteiger partial charge in [0, 0.05) is 24.8 Å². The Kier molecular flexibility index (Phi) is 5.73. The van der Waals surface area contributed by atoms with Crippen LogP contribution in [0.25, 0.3) is 11.0 Å². The molecule has 34 heavy (non-hydrogen) atoms. The lowest BCUT2D eigenvalue weighted by atomic mass is 10.2. The molecule has 0 N–H and O–H groups in total. The second-order valence-electron chi connectivity index (χ2n) is 8.53. The molecule has 8 heteroatoms. The zero-order valence-corrected chi connectivity index (χ0v) is 19.5. The van der Waals surface area contributed by atoms with Crippen molar-refractivity contribution in [3.8, 4) is 11.6 Å². The third kappa shape index (κ3) is 3.59. The number of aromatic nitrogens is 3. The highest BCUT2D eigenvalue weighted by molar-refractivity contribution is 5.81. The zero-order chi connectivity index (χ0) is 23.8. The second kappa shape index (κ2) is 8.85. The summed E-state index contributed by atoms with van der Waals surface area (Å²) in [6, 6.07) is 14.5. The number of pyridine rings is 1. The first-order chi connectivity index (χ1) is 16.5. The molecule has 1 fully saturated rings. The predicted molar refractivity (Wildman–Crippen MR) is 130 cm³/mol. The van der Waals surface area contributed by atoms with Crippen molar-refractivity contribution in [2.45, 2.75) is 25.9 Å². The van der Waals surface area contributed by atoms with Crippen LogP contribution >= 0.6 is 0 Å². The van der Waals surface area contributed by atoms with Crippen LogP contribution in [0.4, 0.5) is 10.1 Å². The number of benzene rings is 2. The average Bonchev–Trinajstić information content (AvgIpc) is 3.42. The SMILES string of the molecule is COc1ccccc1Cn1c(=O)n(C2CCN(c3c(C)cccc3F)C2)c2ccnc(OC)c21. The average molecular weight is 463 g/mol. The van der Waals surface area contributed by atoms with Crippen LogP contribution in [0.15, 0.2) is 59.5 Å². The van der Waals surface area contributed by atoms with E-state index in [2.05, 4.69) is 4.98 Å². The van der Waals surface area contributed by atoms with Crippen molar-refractivity contribution in [1.82, 2.24) is 14.1 Å². The lowest BCUT2D eigenvalue weighted by Gasteiger charge is -2.21. The van der Waals surface area contributed by atoms with E-state index in [0.717, 1.165) is 23.1 Å². The third-order valence-corrected chi connectivity index (χ3v) is 6.58. The van der Waals surface area contributed by atoms with Crippen molar-refractivity contribution in [2.24, 2.45) is 0 Å². The second-order valence-corrected chi connectivity index (χ2v) is 8.53. The van der Waals surface area contributed by atoms with Crippen LogP contribution in [0.5, 0.6) is 11.6 Å². The Morgan fingerprint density at radius 2 is 1.91 bits per heavy atom. The van der Waals surface area contributed by atoms with Crippen molar-refractivity contribution in [2.75, 3.05) is 32.2 Å². The summed E-state index contributed by atoms with van der Waals surface area (Å²) in [5.74, 6) is 0.862. The molecular formula is C26H27FN4O3. The number of halogens is 1. The van der Waals surface area contributed by atoms with Crippen molar-refractivity contribution in [3.63, 3.8) is 0 Å². The van der Waals surface area contributed by atoms with E-state index in [9.17, 15) is 9.18 Å². The molecule has 1 aliphatic rings. The van der Waals surface area contributed by atoms with Gasteiger partial charge >= 0.3 is 5.69 Å². The molecule has 0 radical (unpaired) electrons. The molecule has 1 atom stereocenters. The van der Waals surface area contributed by atoms with Gasteiger partial charge in [-0.1, -0.05) is 30.3 Å². The molecule has 1 aliphatic heterocycles. The van der Waals surface area contributed by atoms with Crippen LogP contribution < -0.4 is 20.1 Å². The largest absolute Gasteiger partial charge is 0.496 e. The van der Waals surface area contributed by atoms with Crippen molar-refractivity contribution in [1.29, 1.82) is 0 Å². The molecule has 1 unspecified atom stereocenters. The van der Waals surface area contributed by atoms with E-state index in [1.54, 1.807) is 31.0 Å². The first kappa shape index (κ1) is 22.0. The molecule has 3 heterocycles. The molecule has 5 rings (SSSR count). The maximum absolute atomic E-state index is 14.6. The summed E-state index contributed by atoms with van der Waals surface area (Å²) in [5.41, 5.74) is 3.62. The minimum Gasteiger partial charge on any atom is -0.496 e. The number of ether oxygens (including phenoxy) is 2. The van der Waals surface area contributed by atoms with E-state index in [4.69, 9.17) is 9.47 Å². The van der Waals surface area contributed by atoms with Gasteiger partial charge in [0.25, 0.3) is 0 Å². The molecule has 7 nitrogen and oxygen atoms in total. The number of anilines is 1. The van der Waals surface area contributed by atoms with Gasteiger partial charge in [0.15, 0.2) is 0 Å². The number of fused-ring (bicyclic) bond motifs is 1. The predicted octanol–water partition coefficient (Wildman–Crippen LogP) is 4.16. The third-order valence-electron chi connectivity index (χ3n) is 6.58. The summed E-state index contributed by atoms with van der Waals surface area (Å²) in [4.78, 5) is 20.2. The first-order valence-corrected chi connectivity index (χ1v) is 11.3. The normalized spacial score (nSPS) is 15.8. The maximum Gasteiger partial charge on any atom is 0.329 e. The number of hydrogen-bond donors (Lipinski definition) is 0. The van der Waals surface area contributed by atoms with Gasteiger partial charge in [-0.15, -0.1) is 0 Å². The van der Waals surface area contributed by atoms with Crippen LogP contribution in [0.2, 0.25) is 0 Å². The summed E-state index contributed by atoms with van der Waals surface area (Å²) in [5, 5.41) is 0. The molecule has 0 amide bonds. The minimum absolute atomic E-state index is 0.111. The van der Waals surface area contributed by atoms with Gasteiger partial charge in [-0.25, -0.2) is 14.2 Å². The topological polar surface area (TPSA) is 61.5 Å². The number of rotatable bonds is 6. The summed E-state index contributed by atoms with van der Waals surface area (Å²) in [6.07, 6.45) is 2.38. The van der Waals surface area contributed by atoms with Crippen LogP contribution in [0.1, 0.15) is 23.6 Å². The number of para-hydroxylation sites is 2. The van der Waals surface area contributed by atoms with Gasteiger partial charge in [0.1, 0.15) is 17.1 Å².